The number of carbonyl (C=O) groups excluding carboxylic acids is 2. The quantitative estimate of drug-likeness (QED) is 0.507. The topological polar surface area (TPSA) is 43.4 Å². The highest BCUT2D eigenvalue weighted by molar-refractivity contribution is 6.01. The normalized spacial score (nSPS) is 13.6. The monoisotopic (exact) mass is 198 g/mol. The summed E-state index contributed by atoms with van der Waals surface area (Å²) in [5.41, 5.74) is 0. The van der Waals surface area contributed by atoms with Gasteiger partial charge in [0, 0.05) is 0 Å². The van der Waals surface area contributed by atoms with E-state index in [1.165, 1.54) is 6.92 Å². The molecule has 0 N–H and O–H groups in total. The molecule has 3 nitrogen and oxygen atoms in total. The first-order valence-corrected chi connectivity index (χ1v) is 3.53. The molecule has 0 rings (SSSR count). The highest BCUT2D eigenvalue weighted by atomic mass is 19.4. The number of ether oxygens (including phenoxy) is 1. The van der Waals surface area contributed by atoms with Gasteiger partial charge in [-0.2, -0.15) is 13.2 Å². The lowest BCUT2D eigenvalue weighted by Gasteiger charge is -2.12. The van der Waals surface area contributed by atoms with Crippen molar-refractivity contribution in [2.24, 2.45) is 5.92 Å². The van der Waals surface area contributed by atoms with Crippen LogP contribution in [0, 0.1) is 5.92 Å². The second kappa shape index (κ2) is 4.25. The average molecular weight is 198 g/mol. The van der Waals surface area contributed by atoms with Gasteiger partial charge in [0.05, 0.1) is 7.11 Å². The van der Waals surface area contributed by atoms with Gasteiger partial charge in [0.1, 0.15) is 5.92 Å². The average Bonchev–Trinajstić information content (AvgIpc) is 2.03. The molecule has 76 valence electrons. The summed E-state index contributed by atoms with van der Waals surface area (Å²) in [4.78, 5) is 21.3. The summed E-state index contributed by atoms with van der Waals surface area (Å²) in [6, 6.07) is 0. The first-order valence-electron chi connectivity index (χ1n) is 3.53. The van der Waals surface area contributed by atoms with Crippen molar-refractivity contribution >= 4 is 11.8 Å². The smallest absolute Gasteiger partial charge is 0.450 e. The number of esters is 1. The van der Waals surface area contributed by atoms with Crippen LogP contribution in [0.25, 0.3) is 0 Å². The Morgan fingerprint density at radius 1 is 1.38 bits per heavy atom. The Balaban J connectivity index is 4.60. The minimum atomic E-state index is -4.98. The Hall–Kier alpha value is -1.07. The van der Waals surface area contributed by atoms with Crippen LogP contribution in [-0.4, -0.2) is 25.0 Å². The second-order valence-electron chi connectivity index (χ2n) is 2.35. The standard InChI is InChI=1S/C7H9F3O3/c1-3-4(6(12)13-2)5(11)7(8,9)10/h4H,3H2,1-2H3. The summed E-state index contributed by atoms with van der Waals surface area (Å²) in [5.74, 6) is -4.93. The number of alkyl halides is 3. The zero-order chi connectivity index (χ0) is 10.6. The molecule has 0 aliphatic rings. The molecule has 0 radical (unpaired) electrons. The van der Waals surface area contributed by atoms with Gasteiger partial charge in [-0.25, -0.2) is 0 Å². The number of hydrogen-bond acceptors (Lipinski definition) is 3. The van der Waals surface area contributed by atoms with Gasteiger partial charge in [-0.05, 0) is 6.42 Å². The van der Waals surface area contributed by atoms with E-state index in [9.17, 15) is 22.8 Å². The van der Waals surface area contributed by atoms with Crippen LogP contribution in [0.15, 0.2) is 0 Å². The van der Waals surface area contributed by atoms with Gasteiger partial charge in [0.15, 0.2) is 0 Å². The number of methoxy groups -OCH3 is 1. The van der Waals surface area contributed by atoms with Crippen molar-refractivity contribution < 1.29 is 27.5 Å². The summed E-state index contributed by atoms with van der Waals surface area (Å²) < 4.78 is 39.5. The molecule has 0 aliphatic heterocycles. The summed E-state index contributed by atoms with van der Waals surface area (Å²) >= 11 is 0. The van der Waals surface area contributed by atoms with Crippen molar-refractivity contribution in [3.05, 3.63) is 0 Å². The fourth-order valence-corrected chi connectivity index (χ4v) is 0.799. The van der Waals surface area contributed by atoms with Gasteiger partial charge in [0.25, 0.3) is 0 Å². The summed E-state index contributed by atoms with van der Waals surface area (Å²) in [6.07, 6.45) is -5.19. The third-order valence-electron chi connectivity index (χ3n) is 1.49. The minimum Gasteiger partial charge on any atom is -0.468 e. The van der Waals surface area contributed by atoms with E-state index in [2.05, 4.69) is 4.74 Å². The molecule has 0 bridgehead atoms. The Morgan fingerprint density at radius 3 is 2.08 bits per heavy atom. The first kappa shape index (κ1) is 11.9. The van der Waals surface area contributed by atoms with Crippen LogP contribution >= 0.6 is 0 Å². The summed E-state index contributed by atoms with van der Waals surface area (Å²) in [6.45, 7) is 1.31. The molecule has 0 fully saturated rings. The van der Waals surface area contributed by atoms with E-state index in [1.54, 1.807) is 0 Å². The fourth-order valence-electron chi connectivity index (χ4n) is 0.799. The number of ketones is 1. The van der Waals surface area contributed by atoms with Crippen LogP contribution in [0.1, 0.15) is 13.3 Å². The van der Waals surface area contributed by atoms with Crippen molar-refractivity contribution in [2.75, 3.05) is 7.11 Å². The second-order valence-corrected chi connectivity index (χ2v) is 2.35. The van der Waals surface area contributed by atoms with Crippen LogP contribution in [0.4, 0.5) is 13.2 Å². The van der Waals surface area contributed by atoms with Gasteiger partial charge in [-0.15, -0.1) is 0 Å². The Labute approximate surface area is 72.9 Å². The van der Waals surface area contributed by atoms with Crippen LogP contribution in [0.2, 0.25) is 0 Å². The van der Waals surface area contributed by atoms with Gasteiger partial charge in [-0.3, -0.25) is 9.59 Å². The van der Waals surface area contributed by atoms with Gasteiger partial charge in [-0.1, -0.05) is 6.92 Å². The van der Waals surface area contributed by atoms with Crippen molar-refractivity contribution in [1.82, 2.24) is 0 Å². The number of halogens is 3. The lowest BCUT2D eigenvalue weighted by atomic mass is 10.0. The van der Waals surface area contributed by atoms with Gasteiger partial charge < -0.3 is 4.74 Å². The van der Waals surface area contributed by atoms with Crippen LogP contribution in [-0.2, 0) is 14.3 Å². The predicted octanol–water partition coefficient (Wildman–Crippen LogP) is 1.32. The molecule has 6 heteroatoms. The van der Waals surface area contributed by atoms with Gasteiger partial charge >= 0.3 is 12.1 Å². The Morgan fingerprint density at radius 2 is 1.85 bits per heavy atom. The molecule has 1 atom stereocenters. The highest BCUT2D eigenvalue weighted by Crippen LogP contribution is 2.23. The molecule has 0 aliphatic carbocycles. The number of carbonyl (C=O) groups is 2. The number of rotatable bonds is 3. The number of Topliss-reactive ketones (excluding diaryl/α,β-unsaturated/α-hetero) is 1. The van der Waals surface area contributed by atoms with Crippen molar-refractivity contribution in [3.8, 4) is 0 Å². The molecule has 1 unspecified atom stereocenters. The molecule has 0 saturated carbocycles. The van der Waals surface area contributed by atoms with E-state index >= 15 is 0 Å². The molecule has 0 aromatic heterocycles. The van der Waals surface area contributed by atoms with E-state index in [4.69, 9.17) is 0 Å². The predicted molar refractivity (Wildman–Crippen MR) is 36.9 cm³/mol. The maximum atomic E-state index is 11.8. The maximum absolute atomic E-state index is 11.8. The molecule has 0 saturated heterocycles. The van der Waals surface area contributed by atoms with Crippen LogP contribution in [0.5, 0.6) is 0 Å². The SMILES string of the molecule is CCC(C(=O)OC)C(=O)C(F)(F)F. The van der Waals surface area contributed by atoms with Crippen molar-refractivity contribution in [2.45, 2.75) is 19.5 Å². The van der Waals surface area contributed by atoms with Crippen molar-refractivity contribution in [1.29, 1.82) is 0 Å². The Kier molecular flexibility index (Phi) is 3.90. The maximum Gasteiger partial charge on any atom is 0.450 e. The molecule has 0 heterocycles. The molecular weight excluding hydrogens is 189 g/mol. The highest BCUT2D eigenvalue weighted by Gasteiger charge is 2.45. The fraction of sp³-hybridized carbons (Fsp3) is 0.714. The largest absolute Gasteiger partial charge is 0.468 e. The van der Waals surface area contributed by atoms with Crippen molar-refractivity contribution in [3.63, 3.8) is 0 Å². The van der Waals surface area contributed by atoms with E-state index in [1.807, 2.05) is 0 Å². The Bertz CT molecular complexity index is 210. The molecule has 0 aromatic carbocycles. The molecular formula is C7H9F3O3. The summed E-state index contributed by atoms with van der Waals surface area (Å²) in [5, 5.41) is 0. The minimum absolute atomic E-state index is 0.217. The lowest BCUT2D eigenvalue weighted by molar-refractivity contribution is -0.180. The summed E-state index contributed by atoms with van der Waals surface area (Å²) in [7, 11) is 0.939. The van der Waals surface area contributed by atoms with E-state index in [0.717, 1.165) is 7.11 Å². The van der Waals surface area contributed by atoms with Crippen LogP contribution < -0.4 is 0 Å². The van der Waals surface area contributed by atoms with Crippen LogP contribution in [0.3, 0.4) is 0 Å². The van der Waals surface area contributed by atoms with E-state index in [-0.39, 0.29) is 6.42 Å². The third-order valence-corrected chi connectivity index (χ3v) is 1.49. The zero-order valence-electron chi connectivity index (χ0n) is 7.14. The van der Waals surface area contributed by atoms with E-state index < -0.39 is 23.8 Å². The lowest BCUT2D eigenvalue weighted by Crippen LogP contribution is -2.35. The molecule has 0 aromatic rings. The first-order chi connectivity index (χ1) is 5.84. The third kappa shape index (κ3) is 3.04. The molecule has 13 heavy (non-hydrogen) atoms. The zero-order valence-corrected chi connectivity index (χ0v) is 7.14. The van der Waals surface area contributed by atoms with Gasteiger partial charge in [0.2, 0.25) is 5.78 Å². The molecule has 0 amide bonds. The van der Waals surface area contributed by atoms with E-state index in [0.29, 0.717) is 0 Å². The molecule has 0 spiro atoms. The number of hydrogen-bond donors (Lipinski definition) is 0.